The Morgan fingerprint density at radius 1 is 0.367 bits per heavy atom. The van der Waals surface area contributed by atoms with Crippen LogP contribution < -0.4 is 0 Å². The molecular weight excluding hydrogens is 615 g/mol. The molecule has 1 aromatic heterocycles. The first kappa shape index (κ1) is 29.8. The van der Waals surface area contributed by atoms with Crippen molar-refractivity contribution in [1.82, 2.24) is 15.0 Å². The molecule has 0 amide bonds. The largest absolute Gasteiger partial charge is 0.208 e. The predicted octanol–water partition coefficient (Wildman–Crippen LogP) is 11.9. The molecular formula is C45H35N3S. The predicted molar refractivity (Wildman–Crippen MR) is 201 cm³/mol. The van der Waals surface area contributed by atoms with Crippen molar-refractivity contribution in [2.24, 2.45) is 0 Å². The Balaban J connectivity index is 1.10. The van der Waals surface area contributed by atoms with Crippen molar-refractivity contribution in [2.75, 3.05) is 0 Å². The third kappa shape index (κ3) is 5.56. The molecule has 0 N–H and O–H groups in total. The van der Waals surface area contributed by atoms with Gasteiger partial charge in [0.2, 0.25) is 0 Å². The lowest BCUT2D eigenvalue weighted by Gasteiger charge is -2.43. The summed E-state index contributed by atoms with van der Waals surface area (Å²) in [4.78, 5) is 17.7. The van der Waals surface area contributed by atoms with E-state index < -0.39 is 0 Å². The molecule has 2 aliphatic rings. The van der Waals surface area contributed by atoms with Gasteiger partial charge in [0.05, 0.1) is 0 Å². The van der Waals surface area contributed by atoms with Crippen LogP contribution in [0.25, 0.3) is 56.4 Å². The fourth-order valence-corrected chi connectivity index (χ4v) is 8.99. The van der Waals surface area contributed by atoms with Crippen molar-refractivity contribution in [2.45, 2.75) is 47.3 Å². The normalized spacial score (nSPS) is 14.6. The van der Waals surface area contributed by atoms with Gasteiger partial charge in [0.15, 0.2) is 17.5 Å². The molecule has 9 rings (SSSR count). The molecule has 2 heterocycles. The van der Waals surface area contributed by atoms with Crippen LogP contribution in [-0.2, 0) is 5.41 Å². The first-order valence-electron chi connectivity index (χ1n) is 17.2. The van der Waals surface area contributed by atoms with Crippen molar-refractivity contribution in [1.29, 1.82) is 0 Å². The van der Waals surface area contributed by atoms with E-state index in [0.717, 1.165) is 22.3 Å². The van der Waals surface area contributed by atoms with Gasteiger partial charge in [-0.2, -0.15) is 0 Å². The smallest absolute Gasteiger partial charge is 0.164 e. The van der Waals surface area contributed by atoms with E-state index in [-0.39, 0.29) is 5.41 Å². The van der Waals surface area contributed by atoms with E-state index in [1.807, 2.05) is 72.4 Å². The van der Waals surface area contributed by atoms with Crippen LogP contribution in [0.3, 0.4) is 0 Å². The highest BCUT2D eigenvalue weighted by atomic mass is 32.2. The highest BCUT2D eigenvalue weighted by Crippen LogP contribution is 2.56. The zero-order valence-corrected chi connectivity index (χ0v) is 28.0. The minimum atomic E-state index is 0.110. The molecule has 0 bridgehead atoms. The molecule has 1 aliphatic heterocycles. The monoisotopic (exact) mass is 649 g/mol. The molecule has 4 heteroatoms. The molecule has 1 spiro atoms. The molecule has 1 aliphatic carbocycles. The molecule has 6 aromatic carbocycles. The maximum atomic E-state index is 4.97. The lowest BCUT2D eigenvalue weighted by molar-refractivity contribution is 0.335. The number of rotatable bonds is 5. The second-order valence-corrected chi connectivity index (χ2v) is 14.2. The second kappa shape index (κ2) is 12.6. The molecule has 236 valence electrons. The van der Waals surface area contributed by atoms with Gasteiger partial charge in [0, 0.05) is 31.9 Å². The van der Waals surface area contributed by atoms with Crippen molar-refractivity contribution in [3.8, 4) is 56.4 Å². The molecule has 0 atom stereocenters. The van der Waals surface area contributed by atoms with Gasteiger partial charge in [-0.1, -0.05) is 152 Å². The van der Waals surface area contributed by atoms with Crippen LogP contribution in [-0.4, -0.2) is 15.0 Å². The van der Waals surface area contributed by atoms with Crippen molar-refractivity contribution < 1.29 is 0 Å². The molecule has 0 unspecified atom stereocenters. The summed E-state index contributed by atoms with van der Waals surface area (Å²) in [6.07, 6.45) is 6.36. The Labute approximate surface area is 292 Å². The Morgan fingerprint density at radius 3 is 1.47 bits per heavy atom. The highest BCUT2D eigenvalue weighted by Gasteiger charge is 2.41. The first-order valence-corrected chi connectivity index (χ1v) is 18.1. The van der Waals surface area contributed by atoms with E-state index in [4.69, 9.17) is 15.0 Å². The summed E-state index contributed by atoms with van der Waals surface area (Å²) in [5.41, 5.74) is 10.9. The van der Waals surface area contributed by atoms with Gasteiger partial charge >= 0.3 is 0 Å². The minimum Gasteiger partial charge on any atom is -0.208 e. The van der Waals surface area contributed by atoms with Crippen molar-refractivity contribution >= 4 is 11.8 Å². The van der Waals surface area contributed by atoms with Crippen molar-refractivity contribution in [3.05, 3.63) is 163 Å². The number of nitrogens with zero attached hydrogens (tertiary/aromatic N) is 3. The minimum absolute atomic E-state index is 0.110. The molecule has 49 heavy (non-hydrogen) atoms. The zero-order chi connectivity index (χ0) is 32.6. The summed E-state index contributed by atoms with van der Waals surface area (Å²) in [5, 5.41) is 0. The number of aromatic nitrogens is 3. The SMILES string of the molecule is c1ccc(-c2nc(-c3ccccc3)nc(-c3cccc(-c4cccc(-c5ccc6c(c5)C5(CCCCC5)c5ccccc5S6)c4)c3)n2)cc1. The lowest BCUT2D eigenvalue weighted by Crippen LogP contribution is -2.33. The third-order valence-electron chi connectivity index (χ3n) is 10.2. The van der Waals surface area contributed by atoms with Crippen molar-refractivity contribution in [3.63, 3.8) is 0 Å². The quantitative estimate of drug-likeness (QED) is 0.186. The molecule has 7 aromatic rings. The van der Waals surface area contributed by atoms with Gasteiger partial charge in [-0.15, -0.1) is 0 Å². The maximum absolute atomic E-state index is 4.97. The van der Waals surface area contributed by atoms with Gasteiger partial charge < -0.3 is 0 Å². The Hall–Kier alpha value is -5.32. The fourth-order valence-electron chi connectivity index (χ4n) is 7.73. The number of benzene rings is 6. The molecule has 1 saturated carbocycles. The van der Waals surface area contributed by atoms with Crippen LogP contribution in [0.2, 0.25) is 0 Å². The molecule has 0 saturated heterocycles. The Kier molecular flexibility index (Phi) is 7.67. The molecule has 0 radical (unpaired) electrons. The Morgan fingerprint density at radius 2 is 0.837 bits per heavy atom. The third-order valence-corrected chi connectivity index (χ3v) is 11.3. The summed E-state index contributed by atoms with van der Waals surface area (Å²) in [7, 11) is 0. The number of hydrogen-bond donors (Lipinski definition) is 0. The van der Waals surface area contributed by atoms with Crippen LogP contribution >= 0.6 is 11.8 Å². The summed E-state index contributed by atoms with van der Waals surface area (Å²) in [6, 6.07) is 54.1. The summed E-state index contributed by atoms with van der Waals surface area (Å²) in [6.45, 7) is 0. The summed E-state index contributed by atoms with van der Waals surface area (Å²) >= 11 is 1.94. The summed E-state index contributed by atoms with van der Waals surface area (Å²) in [5.74, 6) is 2.00. The van der Waals surface area contributed by atoms with E-state index in [1.165, 1.54) is 69.7 Å². The van der Waals surface area contributed by atoms with Crippen LogP contribution in [0.15, 0.2) is 161 Å². The highest BCUT2D eigenvalue weighted by molar-refractivity contribution is 7.99. The van der Waals surface area contributed by atoms with Crippen LogP contribution in [0.4, 0.5) is 0 Å². The number of fused-ring (bicyclic) bond motifs is 4. The van der Waals surface area contributed by atoms with Gasteiger partial charge in [-0.05, 0) is 76.6 Å². The number of hydrogen-bond acceptors (Lipinski definition) is 4. The zero-order valence-electron chi connectivity index (χ0n) is 27.2. The van der Waals surface area contributed by atoms with Gasteiger partial charge in [0.25, 0.3) is 0 Å². The second-order valence-electron chi connectivity index (χ2n) is 13.2. The molecule has 1 fully saturated rings. The topological polar surface area (TPSA) is 38.7 Å². The van der Waals surface area contributed by atoms with Crippen LogP contribution in [0, 0.1) is 0 Å². The van der Waals surface area contributed by atoms with E-state index in [9.17, 15) is 0 Å². The average molecular weight is 650 g/mol. The van der Waals surface area contributed by atoms with Crippen LogP contribution in [0.1, 0.15) is 43.2 Å². The van der Waals surface area contributed by atoms with Gasteiger partial charge in [0.1, 0.15) is 0 Å². The molecule has 3 nitrogen and oxygen atoms in total. The van der Waals surface area contributed by atoms with Gasteiger partial charge in [-0.25, -0.2) is 15.0 Å². The first-order chi connectivity index (χ1) is 24.2. The fraction of sp³-hybridized carbons (Fsp3) is 0.133. The Bertz CT molecular complexity index is 2230. The van der Waals surface area contributed by atoms with Gasteiger partial charge in [-0.3, -0.25) is 0 Å². The van der Waals surface area contributed by atoms with E-state index in [0.29, 0.717) is 17.5 Å². The maximum Gasteiger partial charge on any atom is 0.164 e. The van der Waals surface area contributed by atoms with E-state index >= 15 is 0 Å². The summed E-state index contributed by atoms with van der Waals surface area (Å²) < 4.78 is 0. The lowest BCUT2D eigenvalue weighted by atomic mass is 9.64. The van der Waals surface area contributed by atoms with Crippen LogP contribution in [0.5, 0.6) is 0 Å². The van der Waals surface area contributed by atoms with E-state index in [1.54, 1.807) is 0 Å². The van der Waals surface area contributed by atoms with E-state index in [2.05, 4.69) is 91.0 Å². The standard InChI is InChI=1S/C45H35N3S/c1-4-14-31(15-5-1)42-46-43(32-16-6-2-7-17-32)48-44(47-42)37-21-13-20-35(29-37)33-18-12-19-34(28-33)36-24-25-41-39(30-36)45(26-10-3-11-27-45)38-22-8-9-23-40(38)49-41/h1-2,4-9,12-25,28-30H,3,10-11,26-27H2. The average Bonchev–Trinajstić information content (AvgIpc) is 3.19.